The molecule has 0 aliphatic heterocycles. The fourth-order valence-electron chi connectivity index (χ4n) is 1.29. The fraction of sp³-hybridized carbons (Fsp3) is 0.909. The average molecular weight is 200 g/mol. The van der Waals surface area contributed by atoms with E-state index >= 15 is 0 Å². The van der Waals surface area contributed by atoms with Crippen LogP contribution in [0.2, 0.25) is 0 Å². The second-order valence-electron chi connectivity index (χ2n) is 4.39. The van der Waals surface area contributed by atoms with Crippen molar-refractivity contribution >= 4 is 5.91 Å². The van der Waals surface area contributed by atoms with E-state index < -0.39 is 0 Å². The molecule has 3 N–H and O–H groups in total. The zero-order chi connectivity index (χ0) is 11.0. The van der Waals surface area contributed by atoms with Crippen molar-refractivity contribution in [3.63, 3.8) is 0 Å². The van der Waals surface area contributed by atoms with Crippen LogP contribution in [0.3, 0.4) is 0 Å². The molecule has 84 valence electrons. The number of nitrogens with one attached hydrogen (secondary N) is 1. The summed E-state index contributed by atoms with van der Waals surface area (Å²) in [6, 6.07) is 0. The summed E-state index contributed by atoms with van der Waals surface area (Å²) in [5, 5.41) is 2.95. The van der Waals surface area contributed by atoms with Crippen LogP contribution >= 0.6 is 0 Å². The molecule has 0 spiro atoms. The predicted molar refractivity (Wildman–Crippen MR) is 60.0 cm³/mol. The SMILES string of the molecule is CCCCCNC(=O)C(C)(C)CCN. The zero-order valence-electron chi connectivity index (χ0n) is 9.73. The van der Waals surface area contributed by atoms with Crippen LogP contribution in [-0.4, -0.2) is 19.0 Å². The summed E-state index contributed by atoms with van der Waals surface area (Å²) in [6.45, 7) is 7.39. The van der Waals surface area contributed by atoms with Crippen LogP contribution in [0.5, 0.6) is 0 Å². The highest BCUT2D eigenvalue weighted by Gasteiger charge is 2.25. The Labute approximate surface area is 87.4 Å². The summed E-state index contributed by atoms with van der Waals surface area (Å²) in [7, 11) is 0. The molecule has 0 aromatic carbocycles. The Morgan fingerprint density at radius 2 is 2.00 bits per heavy atom. The lowest BCUT2D eigenvalue weighted by atomic mass is 9.88. The van der Waals surface area contributed by atoms with Gasteiger partial charge in [-0.05, 0) is 19.4 Å². The maximum Gasteiger partial charge on any atom is 0.225 e. The minimum atomic E-state index is -0.318. The molecule has 0 bridgehead atoms. The molecule has 0 unspecified atom stereocenters. The molecule has 0 atom stereocenters. The Morgan fingerprint density at radius 3 is 2.50 bits per heavy atom. The van der Waals surface area contributed by atoms with E-state index in [1.807, 2.05) is 13.8 Å². The molecule has 14 heavy (non-hydrogen) atoms. The van der Waals surface area contributed by atoms with Crippen molar-refractivity contribution in [3.8, 4) is 0 Å². The van der Waals surface area contributed by atoms with Gasteiger partial charge in [-0.15, -0.1) is 0 Å². The smallest absolute Gasteiger partial charge is 0.225 e. The van der Waals surface area contributed by atoms with E-state index in [0.29, 0.717) is 6.54 Å². The second-order valence-corrected chi connectivity index (χ2v) is 4.39. The Balaban J connectivity index is 3.71. The fourth-order valence-corrected chi connectivity index (χ4v) is 1.29. The zero-order valence-corrected chi connectivity index (χ0v) is 9.73. The van der Waals surface area contributed by atoms with Crippen molar-refractivity contribution in [1.29, 1.82) is 0 Å². The van der Waals surface area contributed by atoms with E-state index in [2.05, 4.69) is 12.2 Å². The van der Waals surface area contributed by atoms with Gasteiger partial charge in [0.15, 0.2) is 0 Å². The number of nitrogens with two attached hydrogens (primary N) is 1. The lowest BCUT2D eigenvalue weighted by molar-refractivity contribution is -0.129. The molecule has 0 heterocycles. The number of hydrogen-bond donors (Lipinski definition) is 2. The first kappa shape index (κ1) is 13.4. The Morgan fingerprint density at radius 1 is 1.36 bits per heavy atom. The molecule has 0 aliphatic carbocycles. The third-order valence-corrected chi connectivity index (χ3v) is 2.45. The summed E-state index contributed by atoms with van der Waals surface area (Å²) < 4.78 is 0. The summed E-state index contributed by atoms with van der Waals surface area (Å²) in [6.07, 6.45) is 4.17. The van der Waals surface area contributed by atoms with E-state index in [9.17, 15) is 4.79 Å². The van der Waals surface area contributed by atoms with E-state index in [-0.39, 0.29) is 11.3 Å². The number of carbonyl (C=O) groups excluding carboxylic acids is 1. The molecule has 0 saturated carbocycles. The molecule has 0 rings (SSSR count). The number of rotatable bonds is 7. The third-order valence-electron chi connectivity index (χ3n) is 2.45. The van der Waals surface area contributed by atoms with Crippen molar-refractivity contribution in [1.82, 2.24) is 5.32 Å². The van der Waals surface area contributed by atoms with Crippen molar-refractivity contribution in [2.24, 2.45) is 11.1 Å². The maximum absolute atomic E-state index is 11.7. The molecule has 0 aromatic rings. The van der Waals surface area contributed by atoms with Crippen LogP contribution in [0.25, 0.3) is 0 Å². The van der Waals surface area contributed by atoms with Gasteiger partial charge in [-0.25, -0.2) is 0 Å². The van der Waals surface area contributed by atoms with Gasteiger partial charge in [0, 0.05) is 12.0 Å². The largest absolute Gasteiger partial charge is 0.356 e. The third kappa shape index (κ3) is 5.22. The monoisotopic (exact) mass is 200 g/mol. The second kappa shape index (κ2) is 6.82. The molecule has 3 heteroatoms. The lowest BCUT2D eigenvalue weighted by Gasteiger charge is -2.22. The van der Waals surface area contributed by atoms with E-state index in [1.165, 1.54) is 12.8 Å². The molecule has 1 amide bonds. The van der Waals surface area contributed by atoms with Crippen molar-refractivity contribution in [2.45, 2.75) is 46.5 Å². The van der Waals surface area contributed by atoms with E-state index in [1.54, 1.807) is 0 Å². The first-order valence-electron chi connectivity index (χ1n) is 5.53. The van der Waals surface area contributed by atoms with Gasteiger partial charge in [-0.2, -0.15) is 0 Å². The highest BCUT2D eigenvalue weighted by atomic mass is 16.2. The van der Waals surface area contributed by atoms with Crippen LogP contribution in [-0.2, 0) is 4.79 Å². The number of unbranched alkanes of at least 4 members (excludes halogenated alkanes) is 2. The van der Waals surface area contributed by atoms with E-state index in [4.69, 9.17) is 5.73 Å². The summed E-state index contributed by atoms with van der Waals surface area (Å²) in [4.78, 5) is 11.7. The van der Waals surface area contributed by atoms with Gasteiger partial charge < -0.3 is 11.1 Å². The minimum absolute atomic E-state index is 0.124. The Bertz CT molecular complexity index is 167. The summed E-state index contributed by atoms with van der Waals surface area (Å²) >= 11 is 0. The quantitative estimate of drug-likeness (QED) is 0.614. The highest BCUT2D eigenvalue weighted by molar-refractivity contribution is 5.81. The van der Waals surface area contributed by atoms with Gasteiger partial charge in [0.2, 0.25) is 5.91 Å². The van der Waals surface area contributed by atoms with Gasteiger partial charge in [0.1, 0.15) is 0 Å². The van der Waals surface area contributed by atoms with Crippen LogP contribution in [0.15, 0.2) is 0 Å². The molecule has 3 nitrogen and oxygen atoms in total. The van der Waals surface area contributed by atoms with Crippen molar-refractivity contribution in [2.75, 3.05) is 13.1 Å². The lowest BCUT2D eigenvalue weighted by Crippen LogP contribution is -2.38. The number of hydrogen-bond acceptors (Lipinski definition) is 2. The average Bonchev–Trinajstić information content (AvgIpc) is 2.12. The van der Waals surface area contributed by atoms with Gasteiger partial charge in [-0.1, -0.05) is 33.6 Å². The summed E-state index contributed by atoms with van der Waals surface area (Å²) in [5.74, 6) is 0.124. The topological polar surface area (TPSA) is 55.1 Å². The number of amides is 1. The number of carbonyl (C=O) groups is 1. The molecular weight excluding hydrogens is 176 g/mol. The van der Waals surface area contributed by atoms with Crippen LogP contribution in [0.4, 0.5) is 0 Å². The van der Waals surface area contributed by atoms with Gasteiger partial charge in [0.25, 0.3) is 0 Å². The standard InChI is InChI=1S/C11H24N2O/c1-4-5-6-9-13-10(14)11(2,3)7-8-12/h4-9,12H2,1-3H3,(H,13,14). The molecule has 0 fully saturated rings. The van der Waals surface area contributed by atoms with Gasteiger partial charge >= 0.3 is 0 Å². The van der Waals surface area contributed by atoms with Crippen LogP contribution < -0.4 is 11.1 Å². The minimum Gasteiger partial charge on any atom is -0.356 e. The summed E-state index contributed by atoms with van der Waals surface area (Å²) in [5.41, 5.74) is 5.13. The van der Waals surface area contributed by atoms with Crippen LogP contribution in [0, 0.1) is 5.41 Å². The Hall–Kier alpha value is -0.570. The molecule has 0 saturated heterocycles. The van der Waals surface area contributed by atoms with Crippen LogP contribution in [0.1, 0.15) is 46.5 Å². The normalized spacial score (nSPS) is 11.4. The van der Waals surface area contributed by atoms with E-state index in [0.717, 1.165) is 19.4 Å². The molecule has 0 aliphatic rings. The van der Waals surface area contributed by atoms with Gasteiger partial charge in [0.05, 0.1) is 0 Å². The van der Waals surface area contributed by atoms with Crippen molar-refractivity contribution in [3.05, 3.63) is 0 Å². The molecule has 0 aromatic heterocycles. The van der Waals surface area contributed by atoms with Gasteiger partial charge in [-0.3, -0.25) is 4.79 Å². The maximum atomic E-state index is 11.7. The first-order chi connectivity index (χ1) is 6.54. The van der Waals surface area contributed by atoms with Crippen molar-refractivity contribution < 1.29 is 4.79 Å². The highest BCUT2D eigenvalue weighted by Crippen LogP contribution is 2.19. The molecule has 0 radical (unpaired) electrons. The molecular formula is C11H24N2O. The first-order valence-corrected chi connectivity index (χ1v) is 5.53. The predicted octanol–water partition coefficient (Wildman–Crippen LogP) is 1.67. The Kier molecular flexibility index (Phi) is 6.54.